The van der Waals surface area contributed by atoms with Crippen LogP contribution in [-0.2, 0) is 9.84 Å². The molecule has 2 fully saturated rings. The molecule has 0 atom stereocenters. The molecule has 0 unspecified atom stereocenters. The van der Waals surface area contributed by atoms with E-state index >= 15 is 0 Å². The first-order valence-electron chi connectivity index (χ1n) is 7.49. The molecule has 1 N–H and O–H groups in total. The molecule has 0 aliphatic heterocycles. The standard InChI is InChI=1S/C14H27NO2S/c1-2-18(16,17)11-10-14(8-4-3-5-9-14)12-15-13-6-7-13/h13,15H,2-12H2,1H3. The number of sulfone groups is 1. The van der Waals surface area contributed by atoms with E-state index < -0.39 is 9.84 Å². The molecule has 0 spiro atoms. The molecular formula is C14H27NO2S. The zero-order valence-corrected chi connectivity index (χ0v) is 12.4. The normalized spacial score (nSPS) is 24.1. The molecule has 0 bridgehead atoms. The van der Waals surface area contributed by atoms with Crippen molar-refractivity contribution in [2.45, 2.75) is 64.3 Å². The number of nitrogens with one attached hydrogen (secondary N) is 1. The van der Waals surface area contributed by atoms with Gasteiger partial charge in [-0.15, -0.1) is 0 Å². The second kappa shape index (κ2) is 5.91. The van der Waals surface area contributed by atoms with Crippen LogP contribution in [0.25, 0.3) is 0 Å². The Kier molecular flexibility index (Phi) is 4.70. The van der Waals surface area contributed by atoms with Crippen molar-refractivity contribution in [3.63, 3.8) is 0 Å². The van der Waals surface area contributed by atoms with Crippen LogP contribution in [0, 0.1) is 5.41 Å². The second-order valence-corrected chi connectivity index (χ2v) is 8.67. The van der Waals surface area contributed by atoms with Crippen molar-refractivity contribution < 1.29 is 8.42 Å². The summed E-state index contributed by atoms with van der Waals surface area (Å²) >= 11 is 0. The lowest BCUT2D eigenvalue weighted by atomic mass is 9.72. The van der Waals surface area contributed by atoms with Gasteiger partial charge < -0.3 is 5.32 Å². The molecule has 0 aromatic rings. The van der Waals surface area contributed by atoms with Crippen molar-refractivity contribution in [2.75, 3.05) is 18.1 Å². The van der Waals surface area contributed by atoms with E-state index in [1.165, 1.54) is 44.9 Å². The van der Waals surface area contributed by atoms with Crippen molar-refractivity contribution in [1.29, 1.82) is 0 Å². The van der Waals surface area contributed by atoms with Crippen LogP contribution in [0.3, 0.4) is 0 Å². The molecule has 4 heteroatoms. The molecular weight excluding hydrogens is 246 g/mol. The van der Waals surface area contributed by atoms with Gasteiger partial charge in [0.15, 0.2) is 0 Å². The van der Waals surface area contributed by atoms with Gasteiger partial charge >= 0.3 is 0 Å². The molecule has 0 heterocycles. The average Bonchev–Trinajstić information content (AvgIpc) is 3.20. The molecule has 3 nitrogen and oxygen atoms in total. The molecule has 0 saturated heterocycles. The van der Waals surface area contributed by atoms with Crippen LogP contribution in [0.15, 0.2) is 0 Å². The van der Waals surface area contributed by atoms with Gasteiger partial charge in [-0.2, -0.15) is 0 Å². The Morgan fingerprint density at radius 2 is 1.83 bits per heavy atom. The molecule has 0 amide bonds. The summed E-state index contributed by atoms with van der Waals surface area (Å²) in [5, 5.41) is 3.63. The van der Waals surface area contributed by atoms with Crippen LogP contribution in [0.4, 0.5) is 0 Å². The lowest BCUT2D eigenvalue weighted by Gasteiger charge is -2.37. The summed E-state index contributed by atoms with van der Waals surface area (Å²) in [6.07, 6.45) is 9.79. The van der Waals surface area contributed by atoms with Gasteiger partial charge in [-0.3, -0.25) is 0 Å². The summed E-state index contributed by atoms with van der Waals surface area (Å²) in [4.78, 5) is 0. The Morgan fingerprint density at radius 3 is 2.39 bits per heavy atom. The van der Waals surface area contributed by atoms with Gasteiger partial charge in [0.05, 0.1) is 5.75 Å². The van der Waals surface area contributed by atoms with E-state index in [9.17, 15) is 8.42 Å². The van der Waals surface area contributed by atoms with Crippen molar-refractivity contribution in [1.82, 2.24) is 5.32 Å². The van der Waals surface area contributed by atoms with E-state index in [2.05, 4.69) is 5.32 Å². The van der Waals surface area contributed by atoms with Crippen LogP contribution in [0.5, 0.6) is 0 Å². The van der Waals surface area contributed by atoms with E-state index in [4.69, 9.17) is 0 Å². The van der Waals surface area contributed by atoms with Gasteiger partial charge in [0.25, 0.3) is 0 Å². The minimum Gasteiger partial charge on any atom is -0.313 e. The number of hydrogen-bond donors (Lipinski definition) is 1. The van der Waals surface area contributed by atoms with E-state index in [-0.39, 0.29) is 5.41 Å². The number of rotatable bonds is 7. The Hall–Kier alpha value is -0.0900. The Morgan fingerprint density at radius 1 is 1.17 bits per heavy atom. The topological polar surface area (TPSA) is 46.2 Å². The Labute approximate surface area is 112 Å². The second-order valence-electron chi connectivity index (χ2n) is 6.20. The van der Waals surface area contributed by atoms with Crippen molar-refractivity contribution >= 4 is 9.84 Å². The first-order chi connectivity index (χ1) is 8.55. The average molecular weight is 273 g/mol. The Bertz CT molecular complexity index is 354. The minimum atomic E-state index is -2.81. The zero-order valence-electron chi connectivity index (χ0n) is 11.6. The molecule has 0 aromatic heterocycles. The first kappa shape index (κ1) is 14.3. The van der Waals surface area contributed by atoms with E-state index in [0.717, 1.165) is 19.0 Å². The van der Waals surface area contributed by atoms with Crippen molar-refractivity contribution in [3.05, 3.63) is 0 Å². The summed E-state index contributed by atoms with van der Waals surface area (Å²) in [5.41, 5.74) is 0.267. The SMILES string of the molecule is CCS(=O)(=O)CCC1(CNC2CC2)CCCCC1. The van der Waals surface area contributed by atoms with E-state index in [0.29, 0.717) is 11.5 Å². The summed E-state index contributed by atoms with van der Waals surface area (Å²) in [5.74, 6) is 0.676. The smallest absolute Gasteiger partial charge is 0.150 e. The van der Waals surface area contributed by atoms with Gasteiger partial charge in [0.1, 0.15) is 9.84 Å². The van der Waals surface area contributed by atoms with Crippen LogP contribution < -0.4 is 5.32 Å². The Balaban J connectivity index is 1.90. The van der Waals surface area contributed by atoms with Crippen molar-refractivity contribution in [2.24, 2.45) is 5.41 Å². The third kappa shape index (κ3) is 4.23. The largest absolute Gasteiger partial charge is 0.313 e. The lowest BCUT2D eigenvalue weighted by molar-refractivity contribution is 0.175. The first-order valence-corrected chi connectivity index (χ1v) is 9.31. The molecule has 0 aromatic carbocycles. The zero-order chi connectivity index (χ0) is 13.1. The predicted octanol–water partition coefficient (Wildman–Crippen LogP) is 2.51. The third-order valence-corrected chi connectivity index (χ3v) is 6.35. The summed E-state index contributed by atoms with van der Waals surface area (Å²) in [7, 11) is -2.81. The summed E-state index contributed by atoms with van der Waals surface area (Å²) < 4.78 is 23.4. The van der Waals surface area contributed by atoms with E-state index in [1.54, 1.807) is 6.92 Å². The highest BCUT2D eigenvalue weighted by molar-refractivity contribution is 7.91. The highest BCUT2D eigenvalue weighted by Crippen LogP contribution is 2.39. The van der Waals surface area contributed by atoms with Crippen molar-refractivity contribution in [3.8, 4) is 0 Å². The van der Waals surface area contributed by atoms with Gasteiger partial charge in [0, 0.05) is 18.3 Å². The highest BCUT2D eigenvalue weighted by Gasteiger charge is 2.34. The molecule has 18 heavy (non-hydrogen) atoms. The minimum absolute atomic E-state index is 0.267. The lowest BCUT2D eigenvalue weighted by Crippen LogP contribution is -2.38. The van der Waals surface area contributed by atoms with Gasteiger partial charge in [-0.05, 0) is 37.5 Å². The molecule has 2 rings (SSSR count). The van der Waals surface area contributed by atoms with Crippen LogP contribution in [-0.4, -0.2) is 32.5 Å². The van der Waals surface area contributed by atoms with E-state index in [1.807, 2.05) is 0 Å². The molecule has 2 aliphatic rings. The van der Waals surface area contributed by atoms with Gasteiger partial charge in [-0.1, -0.05) is 26.2 Å². The molecule has 106 valence electrons. The molecule has 2 saturated carbocycles. The molecule has 0 radical (unpaired) electrons. The summed E-state index contributed by atoms with van der Waals surface area (Å²) in [6, 6.07) is 0.728. The third-order valence-electron chi connectivity index (χ3n) is 4.64. The summed E-state index contributed by atoms with van der Waals surface area (Å²) in [6.45, 7) is 2.79. The monoisotopic (exact) mass is 273 g/mol. The number of hydrogen-bond acceptors (Lipinski definition) is 3. The quantitative estimate of drug-likeness (QED) is 0.775. The van der Waals surface area contributed by atoms with Gasteiger partial charge in [0.2, 0.25) is 0 Å². The maximum Gasteiger partial charge on any atom is 0.150 e. The fraction of sp³-hybridized carbons (Fsp3) is 1.00. The van der Waals surface area contributed by atoms with Crippen LogP contribution in [0.2, 0.25) is 0 Å². The predicted molar refractivity (Wildman–Crippen MR) is 75.5 cm³/mol. The molecule has 2 aliphatic carbocycles. The maximum absolute atomic E-state index is 11.7. The van der Waals surface area contributed by atoms with Crippen LogP contribution >= 0.6 is 0 Å². The van der Waals surface area contributed by atoms with Crippen LogP contribution in [0.1, 0.15) is 58.3 Å². The fourth-order valence-corrected chi connectivity index (χ4v) is 4.01. The maximum atomic E-state index is 11.7. The van der Waals surface area contributed by atoms with Gasteiger partial charge in [-0.25, -0.2) is 8.42 Å². The highest BCUT2D eigenvalue weighted by atomic mass is 32.2. The fourth-order valence-electron chi connectivity index (χ4n) is 2.98.